The van der Waals surface area contributed by atoms with E-state index in [1.165, 1.54) is 5.56 Å². The lowest BCUT2D eigenvalue weighted by atomic mass is 10.0. The highest BCUT2D eigenvalue weighted by Crippen LogP contribution is 2.32. The minimum Gasteiger partial charge on any atom is -0.359 e. The molecule has 1 aromatic rings. The Hall–Kier alpha value is -1.12. The molecular formula is C12H15F2N. The van der Waals surface area contributed by atoms with Crippen LogP contribution in [-0.4, -0.2) is 19.0 Å². The van der Waals surface area contributed by atoms with Gasteiger partial charge in [0.15, 0.2) is 0 Å². The van der Waals surface area contributed by atoms with Crippen LogP contribution in [0.2, 0.25) is 0 Å². The van der Waals surface area contributed by atoms with Crippen molar-refractivity contribution < 1.29 is 8.78 Å². The predicted molar refractivity (Wildman–Crippen MR) is 57.7 cm³/mol. The van der Waals surface area contributed by atoms with Gasteiger partial charge in [0.1, 0.15) is 0 Å². The van der Waals surface area contributed by atoms with E-state index in [1.807, 2.05) is 24.3 Å². The van der Waals surface area contributed by atoms with E-state index < -0.39 is 5.92 Å². The van der Waals surface area contributed by atoms with Crippen molar-refractivity contribution >= 4 is 5.69 Å². The Bertz CT molecular complexity index is 335. The second kappa shape index (κ2) is 3.47. The van der Waals surface area contributed by atoms with E-state index in [4.69, 9.17) is 0 Å². The number of halogens is 2. The molecule has 0 bridgehead atoms. The Morgan fingerprint density at radius 1 is 1.13 bits per heavy atom. The lowest BCUT2D eigenvalue weighted by molar-refractivity contribution is -0.0262. The first-order valence-corrected chi connectivity index (χ1v) is 5.21. The van der Waals surface area contributed by atoms with Gasteiger partial charge in [-0.05, 0) is 23.6 Å². The molecule has 0 aromatic heterocycles. The average Bonchev–Trinajstić information content (AvgIpc) is 2.14. The van der Waals surface area contributed by atoms with Crippen LogP contribution >= 0.6 is 0 Å². The third-order valence-electron chi connectivity index (χ3n) is 2.77. The third-order valence-corrected chi connectivity index (χ3v) is 2.77. The monoisotopic (exact) mass is 211 g/mol. The number of nitrogens with zero attached hydrogens (tertiary/aromatic N) is 1. The van der Waals surface area contributed by atoms with Crippen molar-refractivity contribution in [3.63, 3.8) is 0 Å². The molecule has 2 rings (SSSR count). The summed E-state index contributed by atoms with van der Waals surface area (Å²) in [5.41, 5.74) is 2.14. The van der Waals surface area contributed by atoms with Crippen molar-refractivity contribution in [2.75, 3.05) is 18.0 Å². The van der Waals surface area contributed by atoms with Crippen molar-refractivity contribution in [3.05, 3.63) is 29.8 Å². The van der Waals surface area contributed by atoms with Gasteiger partial charge in [0.05, 0.1) is 13.1 Å². The fraction of sp³-hybridized carbons (Fsp3) is 0.500. The normalized spacial score (nSPS) is 19.1. The molecule has 1 fully saturated rings. The largest absolute Gasteiger partial charge is 0.359 e. The van der Waals surface area contributed by atoms with Crippen LogP contribution < -0.4 is 4.90 Å². The van der Waals surface area contributed by atoms with Crippen LogP contribution in [0.1, 0.15) is 25.3 Å². The molecule has 0 atom stereocenters. The maximum Gasteiger partial charge on any atom is 0.282 e. The summed E-state index contributed by atoms with van der Waals surface area (Å²) >= 11 is 0. The highest BCUT2D eigenvalue weighted by Gasteiger charge is 2.43. The van der Waals surface area contributed by atoms with Gasteiger partial charge in [-0.25, -0.2) is 8.78 Å². The molecule has 0 unspecified atom stereocenters. The van der Waals surface area contributed by atoms with Gasteiger partial charge in [-0.15, -0.1) is 0 Å². The second-order valence-electron chi connectivity index (χ2n) is 4.46. The molecule has 0 N–H and O–H groups in total. The van der Waals surface area contributed by atoms with E-state index >= 15 is 0 Å². The van der Waals surface area contributed by atoms with E-state index in [0.717, 1.165) is 5.69 Å². The minimum atomic E-state index is -2.49. The van der Waals surface area contributed by atoms with Crippen LogP contribution in [0.3, 0.4) is 0 Å². The van der Waals surface area contributed by atoms with Gasteiger partial charge in [0.25, 0.3) is 5.92 Å². The number of anilines is 1. The summed E-state index contributed by atoms with van der Waals surface area (Å²) in [5.74, 6) is -2.01. The fourth-order valence-electron chi connectivity index (χ4n) is 1.76. The number of benzene rings is 1. The molecule has 15 heavy (non-hydrogen) atoms. The zero-order chi connectivity index (χ0) is 11.1. The van der Waals surface area contributed by atoms with Gasteiger partial charge in [-0.3, -0.25) is 0 Å². The summed E-state index contributed by atoms with van der Waals surface area (Å²) in [6, 6.07) is 7.86. The van der Waals surface area contributed by atoms with Crippen LogP contribution in [0.25, 0.3) is 0 Å². The molecule has 3 heteroatoms. The van der Waals surface area contributed by atoms with E-state index in [9.17, 15) is 8.78 Å². The lowest BCUT2D eigenvalue weighted by Gasteiger charge is -2.40. The highest BCUT2D eigenvalue weighted by atomic mass is 19.3. The summed E-state index contributed by atoms with van der Waals surface area (Å²) in [6.45, 7) is 3.95. The van der Waals surface area contributed by atoms with E-state index in [2.05, 4.69) is 13.8 Å². The smallest absolute Gasteiger partial charge is 0.282 e. The Morgan fingerprint density at radius 3 is 2.07 bits per heavy atom. The number of rotatable bonds is 2. The van der Waals surface area contributed by atoms with Crippen molar-refractivity contribution in [2.45, 2.75) is 25.7 Å². The zero-order valence-electron chi connectivity index (χ0n) is 9.00. The molecule has 1 saturated heterocycles. The van der Waals surface area contributed by atoms with Gasteiger partial charge >= 0.3 is 0 Å². The lowest BCUT2D eigenvalue weighted by Crippen LogP contribution is -2.56. The van der Waals surface area contributed by atoms with Crippen molar-refractivity contribution in [1.82, 2.24) is 0 Å². The quantitative estimate of drug-likeness (QED) is 0.725. The summed E-state index contributed by atoms with van der Waals surface area (Å²) in [5, 5.41) is 0. The molecule has 1 nitrogen and oxygen atoms in total. The number of hydrogen-bond donors (Lipinski definition) is 0. The molecule has 82 valence electrons. The maximum atomic E-state index is 12.6. The first kappa shape index (κ1) is 10.4. The van der Waals surface area contributed by atoms with Crippen LogP contribution in [0.15, 0.2) is 24.3 Å². The van der Waals surface area contributed by atoms with Gasteiger partial charge in [-0.1, -0.05) is 26.0 Å². The van der Waals surface area contributed by atoms with E-state index in [0.29, 0.717) is 5.92 Å². The molecule has 0 saturated carbocycles. The topological polar surface area (TPSA) is 3.24 Å². The summed E-state index contributed by atoms with van der Waals surface area (Å²) < 4.78 is 25.3. The van der Waals surface area contributed by atoms with Crippen LogP contribution in [0.4, 0.5) is 14.5 Å². The molecule has 0 amide bonds. The highest BCUT2D eigenvalue weighted by molar-refractivity contribution is 5.51. The SMILES string of the molecule is CC(C)c1ccc(N2CC(F)(F)C2)cc1. The number of hydrogen-bond acceptors (Lipinski definition) is 1. The first-order valence-electron chi connectivity index (χ1n) is 5.21. The maximum absolute atomic E-state index is 12.6. The Kier molecular flexibility index (Phi) is 2.41. The predicted octanol–water partition coefficient (Wildman–Crippen LogP) is 3.27. The molecule has 0 spiro atoms. The molecule has 1 aromatic carbocycles. The standard InChI is InChI=1S/C12H15F2N/c1-9(2)10-3-5-11(6-4-10)15-7-12(13,14)8-15/h3-6,9H,7-8H2,1-2H3. The summed E-state index contributed by atoms with van der Waals surface area (Å²) in [6.07, 6.45) is 0. The number of alkyl halides is 2. The Morgan fingerprint density at radius 2 is 1.67 bits per heavy atom. The summed E-state index contributed by atoms with van der Waals surface area (Å²) in [7, 11) is 0. The molecule has 1 heterocycles. The van der Waals surface area contributed by atoms with Crippen LogP contribution in [0.5, 0.6) is 0 Å². The average molecular weight is 211 g/mol. The van der Waals surface area contributed by atoms with E-state index in [-0.39, 0.29) is 13.1 Å². The third kappa shape index (κ3) is 2.11. The fourth-order valence-corrected chi connectivity index (χ4v) is 1.76. The molecular weight excluding hydrogens is 196 g/mol. The Balaban J connectivity index is 2.06. The van der Waals surface area contributed by atoms with Gasteiger partial charge in [0, 0.05) is 5.69 Å². The Labute approximate surface area is 88.7 Å². The van der Waals surface area contributed by atoms with Gasteiger partial charge in [0.2, 0.25) is 0 Å². The second-order valence-corrected chi connectivity index (χ2v) is 4.46. The molecule has 1 aliphatic rings. The van der Waals surface area contributed by atoms with Crippen LogP contribution in [0, 0.1) is 0 Å². The van der Waals surface area contributed by atoms with Crippen molar-refractivity contribution in [3.8, 4) is 0 Å². The molecule has 1 aliphatic heterocycles. The van der Waals surface area contributed by atoms with Crippen molar-refractivity contribution in [2.24, 2.45) is 0 Å². The minimum absolute atomic E-state index is 0.145. The van der Waals surface area contributed by atoms with Gasteiger partial charge < -0.3 is 4.90 Å². The molecule has 0 radical (unpaired) electrons. The van der Waals surface area contributed by atoms with Gasteiger partial charge in [-0.2, -0.15) is 0 Å². The zero-order valence-corrected chi connectivity index (χ0v) is 9.00. The molecule has 0 aliphatic carbocycles. The van der Waals surface area contributed by atoms with E-state index in [1.54, 1.807) is 4.90 Å². The summed E-state index contributed by atoms with van der Waals surface area (Å²) in [4.78, 5) is 1.70. The first-order chi connectivity index (χ1) is 6.98. The van der Waals surface area contributed by atoms with Crippen molar-refractivity contribution in [1.29, 1.82) is 0 Å². The van der Waals surface area contributed by atoms with Crippen LogP contribution in [-0.2, 0) is 0 Å².